The summed E-state index contributed by atoms with van der Waals surface area (Å²) in [6, 6.07) is 7.39. The molecule has 0 saturated heterocycles. The topological polar surface area (TPSA) is 132 Å². The SMILES string of the molecule is CC(C)(O)c1cccc(S(=O)(=NC#N)NC(=O)Nc2c3c(cc4c2C(=O)CC4)CCC3)c1. The van der Waals surface area contributed by atoms with Crippen molar-refractivity contribution in [1.82, 2.24) is 4.72 Å². The van der Waals surface area contributed by atoms with Gasteiger partial charge in [-0.05, 0) is 73.9 Å². The van der Waals surface area contributed by atoms with E-state index in [-0.39, 0.29) is 10.7 Å². The first-order valence-electron chi connectivity index (χ1n) is 10.4. The van der Waals surface area contributed by atoms with E-state index in [1.165, 1.54) is 18.3 Å². The highest BCUT2D eigenvalue weighted by Gasteiger charge is 2.30. The number of aryl methyl sites for hydroxylation is 2. The Balaban J connectivity index is 1.69. The second kappa shape index (κ2) is 8.04. The summed E-state index contributed by atoms with van der Waals surface area (Å²) in [5.74, 6) is -0.0228. The summed E-state index contributed by atoms with van der Waals surface area (Å²) in [5, 5.41) is 22.1. The van der Waals surface area contributed by atoms with Crippen molar-refractivity contribution >= 4 is 27.4 Å². The number of carbonyl (C=O) groups excluding carboxylic acids is 2. The lowest BCUT2D eigenvalue weighted by molar-refractivity contribution is 0.0783. The standard InChI is InChI=1S/C23H24N4O4S/c1-23(2,30)16-6-4-7-17(12-16)32(31,25-13-24)27-22(29)26-21-18-8-3-5-14(18)11-15-9-10-19(28)20(15)21/h4,6-7,11-12,30H,3,5,8-10H2,1-2H3,(H2,25,26,27,29,31). The van der Waals surface area contributed by atoms with Gasteiger partial charge in [-0.2, -0.15) is 5.26 Å². The Morgan fingerprint density at radius 2 is 1.97 bits per heavy atom. The predicted octanol–water partition coefficient (Wildman–Crippen LogP) is 3.58. The van der Waals surface area contributed by atoms with Gasteiger partial charge >= 0.3 is 6.03 Å². The molecule has 2 aliphatic carbocycles. The van der Waals surface area contributed by atoms with Gasteiger partial charge in [0.1, 0.15) is 0 Å². The van der Waals surface area contributed by atoms with Crippen molar-refractivity contribution < 1.29 is 18.9 Å². The number of fused-ring (bicyclic) bond motifs is 2. The Bertz CT molecular complexity index is 1290. The van der Waals surface area contributed by atoms with Gasteiger partial charge in [0.15, 0.2) is 15.7 Å². The highest BCUT2D eigenvalue weighted by atomic mass is 32.2. The number of hydrogen-bond donors (Lipinski definition) is 3. The third-order valence-electron chi connectivity index (χ3n) is 5.88. The molecule has 32 heavy (non-hydrogen) atoms. The molecule has 2 aliphatic rings. The molecular formula is C23H24N4O4S. The Morgan fingerprint density at radius 3 is 2.69 bits per heavy atom. The Morgan fingerprint density at radius 1 is 1.19 bits per heavy atom. The maximum absolute atomic E-state index is 13.5. The smallest absolute Gasteiger partial charge is 0.332 e. The van der Waals surface area contributed by atoms with E-state index in [1.807, 2.05) is 0 Å². The van der Waals surface area contributed by atoms with Gasteiger partial charge in [-0.25, -0.2) is 13.7 Å². The average molecular weight is 453 g/mol. The monoisotopic (exact) mass is 452 g/mol. The molecule has 0 saturated carbocycles. The maximum Gasteiger partial charge on any atom is 0.332 e. The molecule has 166 valence electrons. The van der Waals surface area contributed by atoms with Crippen LogP contribution in [0, 0.1) is 11.5 Å². The summed E-state index contributed by atoms with van der Waals surface area (Å²) in [6.07, 6.45) is 5.13. The van der Waals surface area contributed by atoms with E-state index >= 15 is 0 Å². The number of nitrogens with one attached hydrogen (secondary N) is 2. The Kier molecular flexibility index (Phi) is 5.53. The second-order valence-corrected chi connectivity index (χ2v) is 10.5. The molecule has 0 radical (unpaired) electrons. The fourth-order valence-corrected chi connectivity index (χ4v) is 5.57. The van der Waals surface area contributed by atoms with Gasteiger partial charge in [-0.15, -0.1) is 0 Å². The average Bonchev–Trinajstić information content (AvgIpc) is 3.34. The number of Topliss-reactive ketones (excluding diaryl/α,β-unsaturated/α-hetero) is 1. The highest BCUT2D eigenvalue weighted by molar-refractivity contribution is 7.92. The lowest BCUT2D eigenvalue weighted by Gasteiger charge is -2.20. The fraction of sp³-hybridized carbons (Fsp3) is 0.348. The van der Waals surface area contributed by atoms with Gasteiger partial charge in [0.05, 0.1) is 16.2 Å². The molecule has 2 aromatic carbocycles. The fourth-order valence-electron chi connectivity index (χ4n) is 4.34. The van der Waals surface area contributed by atoms with E-state index in [2.05, 4.69) is 20.5 Å². The number of carbonyl (C=O) groups is 2. The Hall–Kier alpha value is -3.22. The molecule has 0 fully saturated rings. The third kappa shape index (κ3) is 3.99. The van der Waals surface area contributed by atoms with E-state index in [4.69, 9.17) is 5.26 Å². The summed E-state index contributed by atoms with van der Waals surface area (Å²) in [6.45, 7) is 3.14. The van der Waals surface area contributed by atoms with Gasteiger partial charge in [0.25, 0.3) is 0 Å². The second-order valence-electron chi connectivity index (χ2n) is 8.56. The number of aliphatic hydroxyl groups is 1. The number of anilines is 1. The van der Waals surface area contributed by atoms with Crippen LogP contribution in [0.15, 0.2) is 39.6 Å². The van der Waals surface area contributed by atoms with Gasteiger partial charge in [-0.1, -0.05) is 22.6 Å². The molecule has 0 bridgehead atoms. The number of hydrogen-bond acceptors (Lipinski definition) is 6. The van der Waals surface area contributed by atoms with Crippen molar-refractivity contribution in [3.8, 4) is 6.19 Å². The molecule has 1 atom stereocenters. The zero-order chi connectivity index (χ0) is 23.1. The number of rotatable bonds is 4. The summed E-state index contributed by atoms with van der Waals surface area (Å²) in [4.78, 5) is 25.5. The van der Waals surface area contributed by atoms with Gasteiger partial charge < -0.3 is 10.4 Å². The molecule has 2 amide bonds. The number of nitriles is 1. The lowest BCUT2D eigenvalue weighted by atomic mass is 9.98. The molecule has 4 rings (SSSR count). The van der Waals surface area contributed by atoms with Crippen LogP contribution in [-0.2, 0) is 34.8 Å². The van der Waals surface area contributed by atoms with Crippen LogP contribution in [0.3, 0.4) is 0 Å². The number of nitrogens with zero attached hydrogens (tertiary/aromatic N) is 2. The van der Waals surface area contributed by atoms with Crippen LogP contribution in [0.5, 0.6) is 0 Å². The molecule has 0 spiro atoms. The van der Waals surface area contributed by atoms with Crippen LogP contribution in [0.25, 0.3) is 0 Å². The quantitative estimate of drug-likeness (QED) is 0.610. The number of amides is 2. The summed E-state index contributed by atoms with van der Waals surface area (Å²) in [7, 11) is -3.66. The Labute approximate surface area is 187 Å². The molecular weight excluding hydrogens is 428 g/mol. The number of ketones is 1. The lowest BCUT2D eigenvalue weighted by Crippen LogP contribution is -2.35. The molecule has 1 unspecified atom stereocenters. The van der Waals surface area contributed by atoms with Crippen molar-refractivity contribution in [3.63, 3.8) is 0 Å². The van der Waals surface area contributed by atoms with Crippen LogP contribution in [0.4, 0.5) is 10.5 Å². The van der Waals surface area contributed by atoms with Crippen LogP contribution < -0.4 is 10.0 Å². The van der Waals surface area contributed by atoms with E-state index in [0.29, 0.717) is 29.7 Å². The first-order chi connectivity index (χ1) is 15.1. The first kappa shape index (κ1) is 22.0. The molecule has 3 N–H and O–H groups in total. The van der Waals surface area contributed by atoms with E-state index in [9.17, 15) is 18.9 Å². The molecule has 0 heterocycles. The van der Waals surface area contributed by atoms with E-state index < -0.39 is 21.5 Å². The molecule has 2 aromatic rings. The van der Waals surface area contributed by atoms with E-state index in [1.54, 1.807) is 26.0 Å². The highest BCUT2D eigenvalue weighted by Crippen LogP contribution is 2.38. The molecule has 0 aromatic heterocycles. The minimum atomic E-state index is -3.66. The minimum Gasteiger partial charge on any atom is -0.386 e. The zero-order valence-corrected chi connectivity index (χ0v) is 18.7. The van der Waals surface area contributed by atoms with Crippen molar-refractivity contribution in [2.24, 2.45) is 4.36 Å². The van der Waals surface area contributed by atoms with Crippen LogP contribution >= 0.6 is 0 Å². The number of urea groups is 1. The van der Waals surface area contributed by atoms with Crippen LogP contribution in [-0.4, -0.2) is 21.1 Å². The van der Waals surface area contributed by atoms with Crippen molar-refractivity contribution in [2.45, 2.75) is 56.4 Å². The van der Waals surface area contributed by atoms with Crippen molar-refractivity contribution in [1.29, 1.82) is 5.26 Å². The maximum atomic E-state index is 13.5. The third-order valence-corrected chi connectivity index (χ3v) is 7.57. The molecule has 8 nitrogen and oxygen atoms in total. The normalized spacial score (nSPS) is 16.5. The first-order valence-corrected chi connectivity index (χ1v) is 11.9. The van der Waals surface area contributed by atoms with Gasteiger partial charge in [-0.3, -0.25) is 4.79 Å². The van der Waals surface area contributed by atoms with Crippen molar-refractivity contribution in [2.75, 3.05) is 5.32 Å². The zero-order valence-electron chi connectivity index (χ0n) is 17.9. The predicted molar refractivity (Wildman–Crippen MR) is 119 cm³/mol. The number of benzene rings is 2. The summed E-state index contributed by atoms with van der Waals surface area (Å²) < 4.78 is 19.3. The van der Waals surface area contributed by atoms with Crippen LogP contribution in [0.1, 0.15) is 59.3 Å². The van der Waals surface area contributed by atoms with Crippen molar-refractivity contribution in [3.05, 3.63) is 58.1 Å². The van der Waals surface area contributed by atoms with Gasteiger partial charge in [0, 0.05) is 12.0 Å². The largest absolute Gasteiger partial charge is 0.386 e. The molecule has 9 heteroatoms. The van der Waals surface area contributed by atoms with Crippen LogP contribution in [0.2, 0.25) is 0 Å². The summed E-state index contributed by atoms with van der Waals surface area (Å²) in [5.41, 5.74) is 3.22. The molecule has 0 aliphatic heterocycles. The minimum absolute atomic E-state index is 0.0228. The van der Waals surface area contributed by atoms with Gasteiger partial charge in [0.2, 0.25) is 6.19 Å². The van der Waals surface area contributed by atoms with E-state index in [0.717, 1.165) is 36.0 Å². The summed E-state index contributed by atoms with van der Waals surface area (Å²) >= 11 is 0.